The van der Waals surface area contributed by atoms with Gasteiger partial charge >= 0.3 is 59.1 Å². The molecule has 1 atom stereocenters. The van der Waals surface area contributed by atoms with Crippen LogP contribution in [-0.4, -0.2) is 27.2 Å². The van der Waals surface area contributed by atoms with Crippen LogP contribution in [0.25, 0.3) is 0 Å². The quantitative estimate of drug-likeness (QED) is 0.197. The average Bonchev–Trinajstić information content (AvgIpc) is 1.31. The predicted octanol–water partition coefficient (Wildman–Crippen LogP) is -7.50. The summed E-state index contributed by atoms with van der Waals surface area (Å²) in [5.74, 6) is 0. The van der Waals surface area contributed by atoms with Crippen molar-refractivity contribution in [2.75, 3.05) is 0 Å². The molecule has 0 aromatic carbocycles. The molecule has 0 bridgehead atoms. The van der Waals surface area contributed by atoms with Crippen LogP contribution >= 0.6 is 0 Å². The predicted molar refractivity (Wildman–Crippen MR) is 22.4 cm³/mol. The van der Waals surface area contributed by atoms with E-state index in [1.165, 1.54) is 0 Å². The summed E-state index contributed by atoms with van der Waals surface area (Å²) in [5.41, 5.74) is 0. The Kier molecular flexibility index (Phi) is 20.6. The Morgan fingerprint density at radius 1 is 1.30 bits per heavy atom. The van der Waals surface area contributed by atoms with E-state index in [0.29, 0.717) is 0 Å². The summed E-state index contributed by atoms with van der Waals surface area (Å²) in [6.45, 7) is 0. The van der Waals surface area contributed by atoms with Crippen molar-refractivity contribution in [2.24, 2.45) is 0 Å². The molecule has 0 aliphatic carbocycles. The van der Waals surface area contributed by atoms with Gasteiger partial charge in [-0.05, 0) is 0 Å². The summed E-state index contributed by atoms with van der Waals surface area (Å²) >= 11 is 0. The van der Waals surface area contributed by atoms with Crippen LogP contribution in [-0.2, 0) is 19.3 Å². The third-order valence-electron chi connectivity index (χ3n) is 0.175. The van der Waals surface area contributed by atoms with Gasteiger partial charge in [-0.15, -0.1) is 0 Å². The monoisotopic (exact) mass is 208 g/mol. The standard InChI is InChI=1S/2Na.H2O5S2.H2O/c;;1-6(2)7(3,4)5;/h;;(H,1,2)(H,3,4,5);1H2/q2*+1;;/p-2. The minimum atomic E-state index is -4.96. The maximum Gasteiger partial charge on any atom is 1.00 e. The second-order valence-electron chi connectivity index (χ2n) is 0.625. The van der Waals surface area contributed by atoms with Crippen molar-refractivity contribution in [1.82, 2.24) is 0 Å². The van der Waals surface area contributed by atoms with Gasteiger partial charge in [0.25, 0.3) is 10.1 Å². The minimum absolute atomic E-state index is 0. The van der Waals surface area contributed by atoms with E-state index in [4.69, 9.17) is 4.55 Å². The zero-order chi connectivity index (χ0) is 6.08. The fraction of sp³-hybridized carbons (Fsp3) is 0. The van der Waals surface area contributed by atoms with Crippen LogP contribution in [0.4, 0.5) is 0 Å². The smallest absolute Gasteiger partial charge is 0.870 e. The van der Waals surface area contributed by atoms with Crippen LogP contribution < -0.4 is 59.1 Å². The molecule has 0 aliphatic heterocycles. The van der Waals surface area contributed by atoms with Crippen molar-refractivity contribution in [2.45, 2.75) is 0 Å². The maximum absolute atomic E-state index is 9.23. The van der Waals surface area contributed by atoms with Gasteiger partial charge in [-0.1, -0.05) is 0 Å². The van der Waals surface area contributed by atoms with E-state index in [1.54, 1.807) is 0 Å². The first-order valence-corrected chi connectivity index (χ1v) is 4.05. The molecule has 0 heterocycles. The number of rotatable bonds is 1. The molecule has 0 spiro atoms. The van der Waals surface area contributed by atoms with E-state index in [2.05, 4.69) is 0 Å². The maximum atomic E-state index is 9.23. The Morgan fingerprint density at radius 2 is 1.40 bits per heavy atom. The molecule has 0 aromatic rings. The molecule has 0 amide bonds. The summed E-state index contributed by atoms with van der Waals surface area (Å²) in [6, 6.07) is 0. The van der Waals surface area contributed by atoms with Crippen molar-refractivity contribution in [3.05, 3.63) is 0 Å². The SMILES string of the molecule is O=S(O)S(=O)(=O)[O-].[Na+].[Na+].[OH-]. The first-order chi connectivity index (χ1) is 2.94. The minimum Gasteiger partial charge on any atom is -0.870 e. The van der Waals surface area contributed by atoms with Crippen LogP contribution in [0.3, 0.4) is 0 Å². The van der Waals surface area contributed by atoms with Gasteiger partial charge in [0, 0.05) is 0 Å². The van der Waals surface area contributed by atoms with E-state index in [-0.39, 0.29) is 64.6 Å². The molecule has 0 radical (unpaired) electrons. The Labute approximate surface area is 104 Å². The van der Waals surface area contributed by atoms with Crippen molar-refractivity contribution in [1.29, 1.82) is 0 Å². The topological polar surface area (TPSA) is 124 Å². The zero-order valence-corrected chi connectivity index (χ0v) is 11.0. The third kappa shape index (κ3) is 12.6. The number of hydrogen-bond donors (Lipinski definition) is 1. The summed E-state index contributed by atoms with van der Waals surface area (Å²) in [6.07, 6.45) is 0. The van der Waals surface area contributed by atoms with Gasteiger partial charge in [0.15, 0.2) is 0 Å². The van der Waals surface area contributed by atoms with Gasteiger partial charge in [0.2, 0.25) is 9.15 Å². The van der Waals surface area contributed by atoms with Crippen molar-refractivity contribution < 1.29 is 86.3 Å². The van der Waals surface area contributed by atoms with Gasteiger partial charge < -0.3 is 10.0 Å². The van der Waals surface area contributed by atoms with Gasteiger partial charge in [0.1, 0.15) is 0 Å². The molecule has 52 valence electrons. The van der Waals surface area contributed by atoms with Crippen molar-refractivity contribution in [3.8, 4) is 0 Å². The molecule has 6 nitrogen and oxygen atoms in total. The molecule has 0 saturated carbocycles. The molecule has 10 heteroatoms. The van der Waals surface area contributed by atoms with Crippen LogP contribution in [0, 0.1) is 0 Å². The fourth-order valence-electron chi connectivity index (χ4n) is 0. The summed E-state index contributed by atoms with van der Waals surface area (Å²) in [4.78, 5) is 0. The van der Waals surface area contributed by atoms with Crippen LogP contribution in [0.15, 0.2) is 0 Å². The molecule has 1 unspecified atom stereocenters. The fourth-order valence-corrected chi connectivity index (χ4v) is 0. The molecule has 0 saturated heterocycles. The molecule has 0 aromatic heterocycles. The van der Waals surface area contributed by atoms with E-state index in [1.807, 2.05) is 0 Å². The Bertz CT molecular complexity index is 168. The van der Waals surface area contributed by atoms with Gasteiger partial charge in [-0.2, -0.15) is 0 Å². The molecule has 0 rings (SSSR count). The zero-order valence-electron chi connectivity index (χ0n) is 5.34. The van der Waals surface area contributed by atoms with Crippen molar-refractivity contribution >= 4 is 19.3 Å². The second-order valence-corrected chi connectivity index (χ2v) is 3.96. The van der Waals surface area contributed by atoms with E-state index < -0.39 is 19.3 Å². The Balaban J connectivity index is -0.0000000600. The summed E-state index contributed by atoms with van der Waals surface area (Å²) < 4.78 is 44.4. The van der Waals surface area contributed by atoms with E-state index in [9.17, 15) is 17.2 Å². The van der Waals surface area contributed by atoms with E-state index >= 15 is 0 Å². The summed E-state index contributed by atoms with van der Waals surface area (Å²) in [7, 11) is -8.23. The van der Waals surface area contributed by atoms with Gasteiger partial charge in [0.05, 0.1) is 0 Å². The normalized spacial score (nSPS) is 11.4. The van der Waals surface area contributed by atoms with Crippen molar-refractivity contribution in [3.63, 3.8) is 0 Å². The molecular formula is H2Na2O6S2. The number of hydrogen-bond acceptors (Lipinski definition) is 5. The Hall–Kier alpha value is 1.98. The van der Waals surface area contributed by atoms with Crippen LogP contribution in [0.5, 0.6) is 0 Å². The largest absolute Gasteiger partial charge is 1.00 e. The average molecular weight is 208 g/mol. The molecule has 2 N–H and O–H groups in total. The molecule has 0 fully saturated rings. The van der Waals surface area contributed by atoms with Gasteiger partial charge in [-0.3, -0.25) is 4.55 Å². The summed E-state index contributed by atoms with van der Waals surface area (Å²) in [5, 5.41) is 0. The molecule has 10 heavy (non-hydrogen) atoms. The first kappa shape index (κ1) is 22.7. The van der Waals surface area contributed by atoms with Crippen LogP contribution in [0.1, 0.15) is 0 Å². The second kappa shape index (κ2) is 9.07. The van der Waals surface area contributed by atoms with Crippen LogP contribution in [0.2, 0.25) is 0 Å². The van der Waals surface area contributed by atoms with E-state index in [0.717, 1.165) is 0 Å². The first-order valence-electron chi connectivity index (χ1n) is 1.02. The Morgan fingerprint density at radius 3 is 1.40 bits per heavy atom. The molecule has 0 aliphatic rings. The molecular weight excluding hydrogens is 206 g/mol. The van der Waals surface area contributed by atoms with Gasteiger partial charge in [-0.25, -0.2) is 12.6 Å². The third-order valence-corrected chi connectivity index (χ3v) is 1.57.